The molecule has 7 heteroatoms. The lowest BCUT2D eigenvalue weighted by Crippen LogP contribution is -2.32. The van der Waals surface area contributed by atoms with Gasteiger partial charge in [0.1, 0.15) is 12.4 Å². The number of para-hydroxylation sites is 2. The van der Waals surface area contributed by atoms with E-state index in [-0.39, 0.29) is 18.9 Å². The van der Waals surface area contributed by atoms with Gasteiger partial charge in [-0.1, -0.05) is 36.4 Å². The van der Waals surface area contributed by atoms with Crippen molar-refractivity contribution in [2.24, 2.45) is 0 Å². The van der Waals surface area contributed by atoms with E-state index in [1.807, 2.05) is 36.4 Å². The van der Waals surface area contributed by atoms with E-state index >= 15 is 0 Å². The van der Waals surface area contributed by atoms with E-state index in [0.717, 1.165) is 5.75 Å². The summed E-state index contributed by atoms with van der Waals surface area (Å²) in [5.74, 6) is 0.636. The average molecular weight is 376 g/mol. The summed E-state index contributed by atoms with van der Waals surface area (Å²) in [4.78, 5) is 11.9. The molecular weight excluding hydrogens is 352 g/mol. The molecule has 0 aliphatic carbocycles. The molecule has 1 N–H and O–H groups in total. The molecule has 0 saturated heterocycles. The molecule has 1 amide bonds. The molecule has 6 nitrogen and oxygen atoms in total. The van der Waals surface area contributed by atoms with E-state index in [4.69, 9.17) is 4.74 Å². The van der Waals surface area contributed by atoms with Gasteiger partial charge in [0.2, 0.25) is 15.9 Å². The predicted octanol–water partition coefficient (Wildman–Crippen LogP) is 2.43. The molecule has 0 heterocycles. The summed E-state index contributed by atoms with van der Waals surface area (Å²) in [7, 11) is -3.39. The van der Waals surface area contributed by atoms with Crippen LogP contribution >= 0.6 is 0 Å². The summed E-state index contributed by atoms with van der Waals surface area (Å²) in [6.07, 6.45) is 1.86. The summed E-state index contributed by atoms with van der Waals surface area (Å²) in [5.41, 5.74) is 0.603. The molecule has 0 fully saturated rings. The Morgan fingerprint density at radius 3 is 2.27 bits per heavy atom. The Labute approximate surface area is 154 Å². The molecule has 0 unspecified atom stereocenters. The van der Waals surface area contributed by atoms with Crippen LogP contribution in [0.1, 0.15) is 12.8 Å². The standard InChI is InChI=1S/C19H24N2O4S/c1-26(23,24)21(17-9-4-2-5-10-17)15-8-13-19(22)20-14-16-25-18-11-6-3-7-12-18/h2-7,9-12H,8,13-16H2,1H3,(H,20,22). The van der Waals surface area contributed by atoms with Gasteiger partial charge in [0, 0.05) is 13.0 Å². The SMILES string of the molecule is CS(=O)(=O)N(CCCC(=O)NCCOc1ccccc1)c1ccccc1. The number of carbonyl (C=O) groups is 1. The van der Waals surface area contributed by atoms with Crippen molar-refractivity contribution in [2.75, 3.05) is 30.3 Å². The fourth-order valence-electron chi connectivity index (χ4n) is 2.43. The molecule has 0 radical (unpaired) electrons. The molecule has 0 aliphatic heterocycles. The van der Waals surface area contributed by atoms with Crippen molar-refractivity contribution < 1.29 is 17.9 Å². The average Bonchev–Trinajstić information content (AvgIpc) is 2.63. The third-order valence-electron chi connectivity index (χ3n) is 3.65. The van der Waals surface area contributed by atoms with Crippen molar-refractivity contribution in [2.45, 2.75) is 12.8 Å². The first-order chi connectivity index (χ1) is 12.5. The van der Waals surface area contributed by atoms with Crippen LogP contribution in [0.25, 0.3) is 0 Å². The Morgan fingerprint density at radius 1 is 1.04 bits per heavy atom. The van der Waals surface area contributed by atoms with Gasteiger partial charge in [-0.2, -0.15) is 0 Å². The monoisotopic (exact) mass is 376 g/mol. The van der Waals surface area contributed by atoms with E-state index in [2.05, 4.69) is 5.32 Å². The number of amides is 1. The maximum Gasteiger partial charge on any atom is 0.232 e. The van der Waals surface area contributed by atoms with E-state index < -0.39 is 10.0 Å². The number of hydrogen-bond donors (Lipinski definition) is 1. The summed E-state index contributed by atoms with van der Waals surface area (Å²) >= 11 is 0. The van der Waals surface area contributed by atoms with Gasteiger partial charge in [0.05, 0.1) is 18.5 Å². The third kappa shape index (κ3) is 6.76. The second-order valence-electron chi connectivity index (χ2n) is 5.79. The number of carbonyl (C=O) groups excluding carboxylic acids is 1. The summed E-state index contributed by atoms with van der Waals surface area (Å²) in [6.45, 7) is 1.05. The topological polar surface area (TPSA) is 75.7 Å². The maximum absolute atomic E-state index is 12.0. The van der Waals surface area contributed by atoms with Gasteiger partial charge in [0.25, 0.3) is 0 Å². The van der Waals surface area contributed by atoms with Crippen molar-refractivity contribution in [3.63, 3.8) is 0 Å². The minimum absolute atomic E-state index is 0.122. The molecule has 26 heavy (non-hydrogen) atoms. The Hall–Kier alpha value is -2.54. The van der Waals surface area contributed by atoms with Crippen LogP contribution in [0.15, 0.2) is 60.7 Å². The molecule has 140 valence electrons. The lowest BCUT2D eigenvalue weighted by Gasteiger charge is -2.22. The van der Waals surface area contributed by atoms with Gasteiger partial charge in [0.15, 0.2) is 0 Å². The third-order valence-corrected chi connectivity index (χ3v) is 4.84. The fourth-order valence-corrected chi connectivity index (χ4v) is 3.39. The van der Waals surface area contributed by atoms with Crippen LogP contribution < -0.4 is 14.4 Å². The van der Waals surface area contributed by atoms with Crippen LogP contribution in [0, 0.1) is 0 Å². The molecule has 2 aromatic rings. The van der Waals surface area contributed by atoms with Gasteiger partial charge in [-0.3, -0.25) is 9.10 Å². The predicted molar refractivity (Wildman–Crippen MR) is 103 cm³/mol. The molecule has 0 spiro atoms. The highest BCUT2D eigenvalue weighted by Crippen LogP contribution is 2.17. The van der Waals surface area contributed by atoms with Gasteiger partial charge in [-0.25, -0.2) is 8.42 Å². The van der Waals surface area contributed by atoms with Crippen LogP contribution in [-0.4, -0.2) is 40.3 Å². The number of ether oxygens (including phenoxy) is 1. The second-order valence-corrected chi connectivity index (χ2v) is 7.69. The Balaban J connectivity index is 1.71. The minimum Gasteiger partial charge on any atom is -0.492 e. The number of sulfonamides is 1. The molecule has 2 rings (SSSR count). The maximum atomic E-state index is 12.0. The first-order valence-corrected chi connectivity index (χ1v) is 10.3. The smallest absolute Gasteiger partial charge is 0.232 e. The normalized spacial score (nSPS) is 11.0. The number of nitrogens with zero attached hydrogens (tertiary/aromatic N) is 1. The van der Waals surface area contributed by atoms with Crippen LogP contribution in [-0.2, 0) is 14.8 Å². The zero-order valence-corrected chi connectivity index (χ0v) is 15.6. The minimum atomic E-state index is -3.39. The van der Waals surface area contributed by atoms with Gasteiger partial charge in [-0.15, -0.1) is 0 Å². The molecule has 0 saturated carbocycles. The second kappa shape index (κ2) is 9.82. The van der Waals surface area contributed by atoms with Gasteiger partial charge < -0.3 is 10.1 Å². The van der Waals surface area contributed by atoms with Crippen molar-refractivity contribution >= 4 is 21.6 Å². The highest BCUT2D eigenvalue weighted by Gasteiger charge is 2.17. The Morgan fingerprint density at radius 2 is 1.65 bits per heavy atom. The zero-order valence-electron chi connectivity index (χ0n) is 14.8. The molecule has 0 aliphatic rings. The van der Waals surface area contributed by atoms with Gasteiger partial charge >= 0.3 is 0 Å². The lowest BCUT2D eigenvalue weighted by atomic mass is 10.2. The highest BCUT2D eigenvalue weighted by atomic mass is 32.2. The number of anilines is 1. The van der Waals surface area contributed by atoms with Crippen molar-refractivity contribution in [3.05, 3.63) is 60.7 Å². The summed E-state index contributed by atoms with van der Waals surface area (Å²) in [6, 6.07) is 18.3. The number of benzene rings is 2. The number of nitrogens with one attached hydrogen (secondary N) is 1. The number of rotatable bonds is 10. The first kappa shape index (κ1) is 19.8. The quantitative estimate of drug-likeness (QED) is 0.646. The molecular formula is C19H24N2O4S. The van der Waals surface area contributed by atoms with E-state index in [1.165, 1.54) is 10.6 Å². The van der Waals surface area contributed by atoms with Crippen LogP contribution in [0.4, 0.5) is 5.69 Å². The molecule has 0 aromatic heterocycles. The summed E-state index contributed by atoms with van der Waals surface area (Å²) in [5, 5.41) is 2.77. The Kier molecular flexibility index (Phi) is 7.47. The highest BCUT2D eigenvalue weighted by molar-refractivity contribution is 7.92. The van der Waals surface area contributed by atoms with Crippen LogP contribution in [0.3, 0.4) is 0 Å². The van der Waals surface area contributed by atoms with Crippen LogP contribution in [0.5, 0.6) is 5.75 Å². The Bertz CT molecular complexity index is 780. The fraction of sp³-hybridized carbons (Fsp3) is 0.316. The van der Waals surface area contributed by atoms with Crippen molar-refractivity contribution in [1.29, 1.82) is 0 Å². The van der Waals surface area contributed by atoms with Crippen molar-refractivity contribution in [3.8, 4) is 5.75 Å². The van der Waals surface area contributed by atoms with E-state index in [0.29, 0.717) is 25.3 Å². The first-order valence-electron chi connectivity index (χ1n) is 8.44. The van der Waals surface area contributed by atoms with E-state index in [1.54, 1.807) is 24.3 Å². The lowest BCUT2D eigenvalue weighted by molar-refractivity contribution is -0.121. The molecule has 0 bridgehead atoms. The van der Waals surface area contributed by atoms with E-state index in [9.17, 15) is 13.2 Å². The largest absolute Gasteiger partial charge is 0.492 e. The summed E-state index contributed by atoms with van der Waals surface area (Å²) < 4.78 is 30.7. The van der Waals surface area contributed by atoms with Gasteiger partial charge in [-0.05, 0) is 30.7 Å². The number of hydrogen-bond acceptors (Lipinski definition) is 4. The van der Waals surface area contributed by atoms with Crippen molar-refractivity contribution in [1.82, 2.24) is 5.32 Å². The molecule has 2 aromatic carbocycles. The molecule has 0 atom stereocenters. The van der Waals surface area contributed by atoms with Crippen LogP contribution in [0.2, 0.25) is 0 Å². The zero-order chi connectivity index (χ0) is 18.8.